The lowest BCUT2D eigenvalue weighted by Crippen LogP contribution is -2.48. The predicted octanol–water partition coefficient (Wildman–Crippen LogP) is 0.848. The Morgan fingerprint density at radius 2 is 2.33 bits per heavy atom. The molecule has 0 amide bonds. The summed E-state index contributed by atoms with van der Waals surface area (Å²) in [6.07, 6.45) is -2.21. The Bertz CT molecular complexity index is 178. The highest BCUT2D eigenvalue weighted by atomic mass is 19.3. The summed E-state index contributed by atoms with van der Waals surface area (Å²) in [5, 5.41) is 11.3. The van der Waals surface area contributed by atoms with Crippen molar-refractivity contribution in [2.24, 2.45) is 0 Å². The number of rotatable bonds is 3. The van der Waals surface area contributed by atoms with Gasteiger partial charge in [-0.25, -0.2) is 8.78 Å². The Hall–Kier alpha value is -0.710. The quantitative estimate of drug-likeness (QED) is 0.675. The van der Waals surface area contributed by atoms with Crippen LogP contribution in [0, 0.1) is 0 Å². The minimum Gasteiger partial charge on any atom is -0.480 e. The molecule has 70 valence electrons. The van der Waals surface area contributed by atoms with Crippen LogP contribution in [0.3, 0.4) is 0 Å². The average Bonchev–Trinajstić information content (AvgIpc) is 2.35. The fraction of sp³-hybridized carbons (Fsp3) is 0.857. The van der Waals surface area contributed by atoms with Crippen molar-refractivity contribution in [3.05, 3.63) is 0 Å². The number of hydrogen-bond acceptors (Lipinski definition) is 2. The van der Waals surface area contributed by atoms with Crippen LogP contribution in [-0.2, 0) is 4.79 Å². The number of alkyl halides is 2. The van der Waals surface area contributed by atoms with E-state index in [1.54, 1.807) is 0 Å². The summed E-state index contributed by atoms with van der Waals surface area (Å²) in [6, 6.07) is 0. The molecule has 0 aliphatic carbocycles. The molecule has 0 bridgehead atoms. The smallest absolute Gasteiger partial charge is 0.324 e. The molecule has 1 fully saturated rings. The molecule has 0 saturated carbocycles. The summed E-state index contributed by atoms with van der Waals surface area (Å²) in [5.41, 5.74) is -1.37. The maximum Gasteiger partial charge on any atom is 0.324 e. The first-order valence-electron chi connectivity index (χ1n) is 3.83. The Kier molecular flexibility index (Phi) is 2.62. The van der Waals surface area contributed by atoms with Crippen LogP contribution in [-0.4, -0.2) is 29.6 Å². The monoisotopic (exact) mass is 179 g/mol. The van der Waals surface area contributed by atoms with E-state index in [4.69, 9.17) is 5.11 Å². The van der Waals surface area contributed by atoms with Gasteiger partial charge in [0.2, 0.25) is 6.43 Å². The summed E-state index contributed by atoms with van der Waals surface area (Å²) in [7, 11) is 0. The molecule has 0 aromatic carbocycles. The molecule has 5 heteroatoms. The van der Waals surface area contributed by atoms with Gasteiger partial charge in [-0.2, -0.15) is 0 Å². The number of halogens is 2. The molecule has 3 nitrogen and oxygen atoms in total. The van der Waals surface area contributed by atoms with E-state index in [-0.39, 0.29) is 0 Å². The number of carboxylic acids is 1. The summed E-state index contributed by atoms with van der Waals surface area (Å²) in [4.78, 5) is 10.7. The topological polar surface area (TPSA) is 49.3 Å². The molecule has 0 aromatic heterocycles. The fourth-order valence-corrected chi connectivity index (χ4v) is 1.51. The second-order valence-electron chi connectivity index (χ2n) is 3.01. The average molecular weight is 179 g/mol. The molecule has 2 N–H and O–H groups in total. The van der Waals surface area contributed by atoms with Gasteiger partial charge in [-0.05, 0) is 19.4 Å². The number of nitrogens with one attached hydrogen (secondary N) is 1. The molecule has 1 rings (SSSR count). The van der Waals surface area contributed by atoms with Crippen molar-refractivity contribution in [3.63, 3.8) is 0 Å². The Morgan fingerprint density at radius 3 is 2.67 bits per heavy atom. The number of aliphatic carboxylic acids is 1. The molecule has 0 radical (unpaired) electrons. The van der Waals surface area contributed by atoms with Crippen LogP contribution in [0.5, 0.6) is 0 Å². The molecule has 1 saturated heterocycles. The maximum atomic E-state index is 12.0. The molecule has 1 heterocycles. The van der Waals surface area contributed by atoms with Gasteiger partial charge in [-0.1, -0.05) is 0 Å². The molecule has 1 aliphatic heterocycles. The first-order chi connectivity index (χ1) is 5.57. The van der Waals surface area contributed by atoms with Crippen molar-refractivity contribution >= 4 is 5.97 Å². The Labute approximate surface area is 68.8 Å². The van der Waals surface area contributed by atoms with Crippen LogP contribution in [0.25, 0.3) is 0 Å². The number of carboxylic acid groups (broad SMARTS) is 1. The largest absolute Gasteiger partial charge is 0.480 e. The first-order valence-corrected chi connectivity index (χ1v) is 3.83. The minimum atomic E-state index is -2.56. The van der Waals surface area contributed by atoms with Gasteiger partial charge < -0.3 is 10.4 Å². The van der Waals surface area contributed by atoms with Crippen LogP contribution in [0.2, 0.25) is 0 Å². The molecule has 1 aliphatic rings. The van der Waals surface area contributed by atoms with Crippen molar-refractivity contribution in [3.8, 4) is 0 Å². The first kappa shape index (κ1) is 9.38. The van der Waals surface area contributed by atoms with Crippen molar-refractivity contribution < 1.29 is 18.7 Å². The second-order valence-corrected chi connectivity index (χ2v) is 3.01. The summed E-state index contributed by atoms with van der Waals surface area (Å²) >= 11 is 0. The third kappa shape index (κ3) is 1.72. The van der Waals surface area contributed by atoms with E-state index in [0.29, 0.717) is 19.4 Å². The van der Waals surface area contributed by atoms with Gasteiger partial charge in [0.05, 0.1) is 0 Å². The van der Waals surface area contributed by atoms with Crippen molar-refractivity contribution in [1.29, 1.82) is 0 Å². The Balaban J connectivity index is 2.65. The van der Waals surface area contributed by atoms with Crippen LogP contribution in [0.4, 0.5) is 8.78 Å². The van der Waals surface area contributed by atoms with E-state index in [9.17, 15) is 13.6 Å². The highest BCUT2D eigenvalue weighted by Gasteiger charge is 2.43. The predicted molar refractivity (Wildman–Crippen MR) is 38.2 cm³/mol. The second kappa shape index (κ2) is 3.35. The van der Waals surface area contributed by atoms with Gasteiger partial charge in [-0.15, -0.1) is 0 Å². The lowest BCUT2D eigenvalue weighted by Gasteiger charge is -2.23. The standard InChI is InChI=1S/C7H11F2NO2/c8-5(9)4-7(6(11)12)2-1-3-10-7/h5,10H,1-4H2,(H,11,12). The van der Waals surface area contributed by atoms with Crippen LogP contribution >= 0.6 is 0 Å². The zero-order valence-corrected chi connectivity index (χ0v) is 6.52. The lowest BCUT2D eigenvalue weighted by atomic mass is 9.94. The van der Waals surface area contributed by atoms with Crippen LogP contribution in [0.15, 0.2) is 0 Å². The summed E-state index contributed by atoms with van der Waals surface area (Å²) in [6.45, 7) is 0.513. The van der Waals surface area contributed by atoms with Gasteiger partial charge >= 0.3 is 5.97 Å². The highest BCUT2D eigenvalue weighted by molar-refractivity contribution is 5.79. The fourth-order valence-electron chi connectivity index (χ4n) is 1.51. The molecule has 0 spiro atoms. The molecule has 0 aromatic rings. The molecule has 1 atom stereocenters. The van der Waals surface area contributed by atoms with E-state index < -0.39 is 24.4 Å². The number of carbonyl (C=O) groups is 1. The van der Waals surface area contributed by atoms with Gasteiger partial charge in [0.1, 0.15) is 5.54 Å². The normalized spacial score (nSPS) is 29.6. The molecular weight excluding hydrogens is 168 g/mol. The van der Waals surface area contributed by atoms with Crippen molar-refractivity contribution in [2.75, 3.05) is 6.54 Å². The summed E-state index contributed by atoms with van der Waals surface area (Å²) in [5.74, 6) is -1.17. The Morgan fingerprint density at radius 1 is 1.67 bits per heavy atom. The van der Waals surface area contributed by atoms with Crippen molar-refractivity contribution in [1.82, 2.24) is 5.32 Å². The number of hydrogen-bond donors (Lipinski definition) is 2. The van der Waals surface area contributed by atoms with Gasteiger partial charge in [0.15, 0.2) is 0 Å². The zero-order chi connectivity index (χ0) is 9.19. The van der Waals surface area contributed by atoms with Gasteiger partial charge in [-0.3, -0.25) is 4.79 Å². The maximum absolute atomic E-state index is 12.0. The van der Waals surface area contributed by atoms with Crippen molar-refractivity contribution in [2.45, 2.75) is 31.2 Å². The third-order valence-corrected chi connectivity index (χ3v) is 2.16. The highest BCUT2D eigenvalue weighted by Crippen LogP contribution is 2.26. The van der Waals surface area contributed by atoms with E-state index in [1.165, 1.54) is 0 Å². The molecular formula is C7H11F2NO2. The lowest BCUT2D eigenvalue weighted by molar-refractivity contribution is -0.146. The molecule has 1 unspecified atom stereocenters. The van der Waals surface area contributed by atoms with Gasteiger partial charge in [0, 0.05) is 6.42 Å². The van der Waals surface area contributed by atoms with E-state index in [2.05, 4.69) is 5.32 Å². The summed E-state index contributed by atoms with van der Waals surface area (Å²) < 4.78 is 24.0. The van der Waals surface area contributed by atoms with E-state index in [0.717, 1.165) is 0 Å². The third-order valence-electron chi connectivity index (χ3n) is 2.16. The van der Waals surface area contributed by atoms with Crippen LogP contribution < -0.4 is 5.32 Å². The van der Waals surface area contributed by atoms with E-state index >= 15 is 0 Å². The molecule has 12 heavy (non-hydrogen) atoms. The minimum absolute atomic E-state index is 0.298. The SMILES string of the molecule is O=C(O)C1(CC(F)F)CCCN1. The van der Waals surface area contributed by atoms with Crippen LogP contribution in [0.1, 0.15) is 19.3 Å². The van der Waals surface area contributed by atoms with E-state index in [1.807, 2.05) is 0 Å². The van der Waals surface area contributed by atoms with Gasteiger partial charge in [0.25, 0.3) is 0 Å². The zero-order valence-electron chi connectivity index (χ0n) is 6.52.